The highest BCUT2D eigenvalue weighted by molar-refractivity contribution is 6.09. The largest absolute Gasteiger partial charge is 0.321 e. The van der Waals surface area contributed by atoms with Crippen molar-refractivity contribution in [1.29, 1.82) is 0 Å². The number of nitrogens with one attached hydrogen (secondary N) is 1. The van der Waals surface area contributed by atoms with Gasteiger partial charge in [0.1, 0.15) is 0 Å². The summed E-state index contributed by atoms with van der Waals surface area (Å²) in [6.45, 7) is 0. The Morgan fingerprint density at radius 3 is 2.81 bits per heavy atom. The topological polar surface area (TPSA) is 54.9 Å². The minimum atomic E-state index is -1.30. The summed E-state index contributed by atoms with van der Waals surface area (Å²) in [5.74, 6) is -3.31. The summed E-state index contributed by atoms with van der Waals surface area (Å²) in [4.78, 5) is 19.2. The van der Waals surface area contributed by atoms with E-state index in [1.54, 1.807) is 30.6 Å². The van der Waals surface area contributed by atoms with Gasteiger partial charge in [-0.1, -0.05) is 12.1 Å². The van der Waals surface area contributed by atoms with Gasteiger partial charge in [-0.25, -0.2) is 9.37 Å². The van der Waals surface area contributed by atoms with Gasteiger partial charge in [0.05, 0.1) is 5.56 Å². The molecule has 1 aromatic carbocycles. The lowest BCUT2D eigenvalue weighted by atomic mass is 10.1. The van der Waals surface area contributed by atoms with Crippen molar-refractivity contribution in [2.24, 2.45) is 0 Å². The van der Waals surface area contributed by atoms with Crippen LogP contribution < -0.4 is 5.32 Å². The fraction of sp³-hybridized carbons (Fsp3) is 0. The minimum Gasteiger partial charge on any atom is -0.321 e. The van der Waals surface area contributed by atoms with Crippen LogP contribution in [0.1, 0.15) is 10.4 Å². The summed E-state index contributed by atoms with van der Waals surface area (Å²) in [6, 6.07) is 8.11. The maximum Gasteiger partial charge on any atom is 0.258 e. The SMILES string of the molecule is O=C(Nc1cccc2cnccc12)c1ccnc(F)c1F. The maximum atomic E-state index is 13.6. The number of hydrogen-bond acceptors (Lipinski definition) is 3. The van der Waals surface area contributed by atoms with Gasteiger partial charge in [0.15, 0.2) is 5.82 Å². The average Bonchev–Trinajstić information content (AvgIpc) is 2.50. The monoisotopic (exact) mass is 285 g/mol. The molecule has 21 heavy (non-hydrogen) atoms. The first-order valence-corrected chi connectivity index (χ1v) is 6.11. The Balaban J connectivity index is 1.99. The van der Waals surface area contributed by atoms with E-state index in [0.717, 1.165) is 23.0 Å². The van der Waals surface area contributed by atoms with E-state index in [0.29, 0.717) is 5.69 Å². The number of nitrogens with zero attached hydrogens (tertiary/aromatic N) is 2. The molecule has 3 aromatic rings. The summed E-state index contributed by atoms with van der Waals surface area (Å²) >= 11 is 0. The van der Waals surface area contributed by atoms with Crippen LogP contribution in [0, 0.1) is 11.8 Å². The van der Waals surface area contributed by atoms with E-state index < -0.39 is 23.2 Å². The lowest BCUT2D eigenvalue weighted by Gasteiger charge is -2.09. The standard InChI is InChI=1S/C15H9F2N3O/c16-13-11(5-7-19-14(13)17)15(21)20-12-3-1-2-9-8-18-6-4-10(9)12/h1-8H,(H,20,21). The zero-order valence-electron chi connectivity index (χ0n) is 10.7. The minimum absolute atomic E-state index is 0.395. The van der Waals surface area contributed by atoms with E-state index in [-0.39, 0.29) is 0 Å². The number of pyridine rings is 2. The van der Waals surface area contributed by atoms with Crippen molar-refractivity contribution in [3.63, 3.8) is 0 Å². The molecule has 0 saturated carbocycles. The fourth-order valence-electron chi connectivity index (χ4n) is 2.01. The zero-order valence-corrected chi connectivity index (χ0v) is 10.7. The molecule has 0 atom stereocenters. The Hall–Kier alpha value is -2.89. The first-order chi connectivity index (χ1) is 10.2. The van der Waals surface area contributed by atoms with Crippen molar-refractivity contribution < 1.29 is 13.6 Å². The van der Waals surface area contributed by atoms with Crippen molar-refractivity contribution >= 4 is 22.4 Å². The molecule has 0 radical (unpaired) electrons. The first-order valence-electron chi connectivity index (χ1n) is 6.11. The molecule has 0 spiro atoms. The van der Waals surface area contributed by atoms with Crippen LogP contribution in [0.5, 0.6) is 0 Å². The number of benzene rings is 1. The molecule has 0 aliphatic carbocycles. The quantitative estimate of drug-likeness (QED) is 0.736. The second-order valence-corrected chi connectivity index (χ2v) is 4.32. The highest BCUT2D eigenvalue weighted by Gasteiger charge is 2.16. The number of anilines is 1. The average molecular weight is 285 g/mol. The summed E-state index contributed by atoms with van der Waals surface area (Å²) in [7, 11) is 0. The third-order valence-corrected chi connectivity index (χ3v) is 3.02. The van der Waals surface area contributed by atoms with Crippen LogP contribution in [-0.4, -0.2) is 15.9 Å². The molecule has 2 heterocycles. The van der Waals surface area contributed by atoms with Crippen molar-refractivity contribution in [2.45, 2.75) is 0 Å². The van der Waals surface area contributed by atoms with Gasteiger partial charge in [-0.3, -0.25) is 9.78 Å². The van der Waals surface area contributed by atoms with Crippen LogP contribution in [0.2, 0.25) is 0 Å². The van der Waals surface area contributed by atoms with Gasteiger partial charge in [0, 0.05) is 35.1 Å². The summed E-state index contributed by atoms with van der Waals surface area (Å²) in [6.07, 6.45) is 4.28. The van der Waals surface area contributed by atoms with E-state index >= 15 is 0 Å². The Kier molecular flexibility index (Phi) is 3.27. The number of carbonyl (C=O) groups excluding carboxylic acids is 1. The molecule has 104 valence electrons. The number of halogens is 2. The zero-order chi connectivity index (χ0) is 14.8. The van der Waals surface area contributed by atoms with Gasteiger partial charge in [-0.05, 0) is 18.2 Å². The second kappa shape index (κ2) is 5.24. The molecular weight excluding hydrogens is 276 g/mol. The first kappa shape index (κ1) is 13.1. The molecule has 1 N–H and O–H groups in total. The molecule has 0 aliphatic heterocycles. The van der Waals surface area contributed by atoms with Gasteiger partial charge >= 0.3 is 0 Å². The van der Waals surface area contributed by atoms with Gasteiger partial charge in [0.25, 0.3) is 5.91 Å². The molecule has 0 bridgehead atoms. The molecule has 3 rings (SSSR count). The number of fused-ring (bicyclic) bond motifs is 1. The molecule has 0 aliphatic rings. The highest BCUT2D eigenvalue weighted by Crippen LogP contribution is 2.23. The van der Waals surface area contributed by atoms with Gasteiger partial charge in [-0.15, -0.1) is 0 Å². The normalized spacial score (nSPS) is 10.6. The van der Waals surface area contributed by atoms with Crippen LogP contribution in [0.15, 0.2) is 48.9 Å². The Labute approximate surface area is 118 Å². The molecule has 0 unspecified atom stereocenters. The summed E-state index contributed by atoms with van der Waals surface area (Å²) in [5.41, 5.74) is 0.102. The molecule has 4 nitrogen and oxygen atoms in total. The van der Waals surface area contributed by atoms with Crippen LogP contribution in [0.25, 0.3) is 10.8 Å². The Morgan fingerprint density at radius 1 is 1.10 bits per heavy atom. The van der Waals surface area contributed by atoms with E-state index in [4.69, 9.17) is 0 Å². The number of aromatic nitrogens is 2. The number of carbonyl (C=O) groups is 1. The number of rotatable bonds is 2. The third-order valence-electron chi connectivity index (χ3n) is 3.02. The fourth-order valence-corrected chi connectivity index (χ4v) is 2.01. The lowest BCUT2D eigenvalue weighted by molar-refractivity contribution is 0.102. The molecule has 6 heteroatoms. The lowest BCUT2D eigenvalue weighted by Crippen LogP contribution is -2.15. The van der Waals surface area contributed by atoms with Crippen LogP contribution in [0.4, 0.5) is 14.5 Å². The van der Waals surface area contributed by atoms with Gasteiger partial charge in [-0.2, -0.15) is 4.39 Å². The van der Waals surface area contributed by atoms with Crippen LogP contribution >= 0.6 is 0 Å². The van der Waals surface area contributed by atoms with Crippen molar-refractivity contribution in [2.75, 3.05) is 5.32 Å². The summed E-state index contributed by atoms with van der Waals surface area (Å²) < 4.78 is 26.6. The van der Waals surface area contributed by atoms with Crippen molar-refractivity contribution in [1.82, 2.24) is 9.97 Å². The van der Waals surface area contributed by atoms with Crippen LogP contribution in [0.3, 0.4) is 0 Å². The smallest absolute Gasteiger partial charge is 0.258 e. The molecule has 0 fully saturated rings. The second-order valence-electron chi connectivity index (χ2n) is 4.32. The predicted molar refractivity (Wildman–Crippen MR) is 73.8 cm³/mol. The molecule has 2 aromatic heterocycles. The van der Waals surface area contributed by atoms with Gasteiger partial charge < -0.3 is 5.32 Å². The number of amides is 1. The van der Waals surface area contributed by atoms with E-state index in [2.05, 4.69) is 15.3 Å². The van der Waals surface area contributed by atoms with E-state index in [1.165, 1.54) is 0 Å². The predicted octanol–water partition coefficient (Wildman–Crippen LogP) is 3.16. The third kappa shape index (κ3) is 2.43. The Morgan fingerprint density at radius 2 is 1.95 bits per heavy atom. The van der Waals surface area contributed by atoms with Crippen LogP contribution in [-0.2, 0) is 0 Å². The highest BCUT2D eigenvalue weighted by atomic mass is 19.2. The summed E-state index contributed by atoms with van der Waals surface area (Å²) in [5, 5.41) is 4.16. The maximum absolute atomic E-state index is 13.6. The molecular formula is C15H9F2N3O. The van der Waals surface area contributed by atoms with E-state index in [9.17, 15) is 13.6 Å². The Bertz CT molecular complexity index is 831. The number of hydrogen-bond donors (Lipinski definition) is 1. The van der Waals surface area contributed by atoms with Crippen molar-refractivity contribution in [3.05, 3.63) is 66.3 Å². The van der Waals surface area contributed by atoms with Gasteiger partial charge in [0.2, 0.25) is 5.95 Å². The molecule has 0 saturated heterocycles. The van der Waals surface area contributed by atoms with Crippen molar-refractivity contribution in [3.8, 4) is 0 Å². The van der Waals surface area contributed by atoms with E-state index in [1.807, 2.05) is 6.07 Å². The molecule has 1 amide bonds.